The molecule has 14 nitrogen and oxygen atoms in total. The number of hydrogen-bond donors (Lipinski definition) is 2. The number of ether oxygens (including phenoxy) is 2. The molecule has 1 aromatic heterocycles. The van der Waals surface area contributed by atoms with Crippen molar-refractivity contribution in [2.75, 3.05) is 30.0 Å². The van der Waals surface area contributed by atoms with Crippen LogP contribution in [0.25, 0.3) is 11.0 Å². The lowest BCUT2D eigenvalue weighted by molar-refractivity contribution is -0.153. The molecule has 38 heavy (non-hydrogen) atoms. The van der Waals surface area contributed by atoms with Crippen LogP contribution in [0.1, 0.15) is 19.4 Å². The van der Waals surface area contributed by atoms with E-state index in [4.69, 9.17) is 14.0 Å². The number of anilines is 2. The summed E-state index contributed by atoms with van der Waals surface area (Å²) < 4.78 is 32.7. The Bertz CT molecular complexity index is 1400. The Kier molecular flexibility index (Phi) is 5.31. The quantitative estimate of drug-likeness (QED) is 0.330. The number of carbonyl (C=O) groups is 4. The number of cyclic esters (lactones) is 1. The maximum Gasteiger partial charge on any atom is 0.416 e. The zero-order chi connectivity index (χ0) is 26.9. The number of hydrogen-bond acceptors (Lipinski definition) is 11. The van der Waals surface area contributed by atoms with Crippen molar-refractivity contribution >= 4 is 52.6 Å². The second-order valence-electron chi connectivity index (χ2n) is 9.69. The predicted octanol–water partition coefficient (Wildman–Crippen LogP) is 0.815. The number of imide groups is 2. The second-order valence-corrected chi connectivity index (χ2v) is 9.69. The highest BCUT2D eigenvalue weighted by Crippen LogP contribution is 2.49. The van der Waals surface area contributed by atoms with E-state index in [1.165, 1.54) is 18.2 Å². The highest BCUT2D eigenvalue weighted by molar-refractivity contribution is 6.20. The Morgan fingerprint density at radius 2 is 1.95 bits per heavy atom. The van der Waals surface area contributed by atoms with Gasteiger partial charge in [-0.05, 0) is 25.5 Å². The van der Waals surface area contributed by atoms with Crippen molar-refractivity contribution in [1.29, 1.82) is 0 Å². The molecule has 3 saturated heterocycles. The standard InChI is InChI=1S/C23H23FN6O8/c1-9-7-29-15-11(5-23(17(29)10(2)36-9)19(31)26-21(33)27-20(23)32)4-13-16(14(15)24)38-28-18(13)30-8-12(6-25-35-3)37-22(30)34/h4,6,9-10,12,17H,5,7-8H2,1-3H3,(H2,26,27,31,32,33)/t9-,10+,12+,17-/m1/s1. The van der Waals surface area contributed by atoms with Crippen LogP contribution in [0.3, 0.4) is 0 Å². The van der Waals surface area contributed by atoms with E-state index in [-0.39, 0.29) is 48.1 Å². The van der Waals surface area contributed by atoms with Crippen LogP contribution in [0.15, 0.2) is 15.7 Å². The molecular weight excluding hydrogens is 507 g/mol. The lowest BCUT2D eigenvalue weighted by Crippen LogP contribution is -2.75. The number of carbonyl (C=O) groups excluding carboxylic acids is 4. The molecule has 0 bridgehead atoms. The fourth-order valence-electron chi connectivity index (χ4n) is 6.00. The highest BCUT2D eigenvalue weighted by atomic mass is 19.1. The molecule has 0 unspecified atom stereocenters. The number of benzene rings is 1. The minimum absolute atomic E-state index is 0.00706. The van der Waals surface area contributed by atoms with E-state index in [0.717, 1.165) is 0 Å². The van der Waals surface area contributed by atoms with Gasteiger partial charge in [0.15, 0.2) is 23.2 Å². The van der Waals surface area contributed by atoms with Crippen LogP contribution < -0.4 is 20.4 Å². The van der Waals surface area contributed by atoms with Gasteiger partial charge in [-0.3, -0.25) is 25.1 Å². The molecule has 1 aromatic carbocycles. The van der Waals surface area contributed by atoms with Crippen LogP contribution >= 0.6 is 0 Å². The second kappa shape index (κ2) is 8.37. The van der Waals surface area contributed by atoms with Crippen molar-refractivity contribution in [3.8, 4) is 0 Å². The largest absolute Gasteiger partial charge is 0.438 e. The van der Waals surface area contributed by atoms with Gasteiger partial charge in [-0.15, -0.1) is 0 Å². The monoisotopic (exact) mass is 530 g/mol. The van der Waals surface area contributed by atoms with Crippen molar-refractivity contribution in [1.82, 2.24) is 15.8 Å². The first kappa shape index (κ1) is 24.1. The summed E-state index contributed by atoms with van der Waals surface area (Å²) in [7, 11) is 1.35. The van der Waals surface area contributed by atoms with E-state index >= 15 is 4.39 Å². The van der Waals surface area contributed by atoms with Crippen molar-refractivity contribution in [2.24, 2.45) is 10.6 Å². The lowest BCUT2D eigenvalue weighted by atomic mass is 9.66. The Hall–Kier alpha value is -4.27. The molecule has 2 aromatic rings. The third-order valence-electron chi connectivity index (χ3n) is 7.37. The van der Waals surface area contributed by atoms with Gasteiger partial charge >= 0.3 is 12.1 Å². The van der Waals surface area contributed by atoms with Crippen LogP contribution in [0, 0.1) is 11.2 Å². The molecule has 0 aliphatic carbocycles. The number of halogens is 1. The van der Waals surface area contributed by atoms with Gasteiger partial charge < -0.3 is 23.7 Å². The first-order chi connectivity index (χ1) is 18.1. The summed E-state index contributed by atoms with van der Waals surface area (Å²) in [5.74, 6) is -2.35. The molecule has 15 heteroatoms. The molecule has 5 heterocycles. The van der Waals surface area contributed by atoms with Gasteiger partial charge in [0, 0.05) is 13.0 Å². The van der Waals surface area contributed by atoms with Crippen molar-refractivity contribution in [3.63, 3.8) is 0 Å². The van der Waals surface area contributed by atoms with Gasteiger partial charge in [0.25, 0.3) is 0 Å². The third-order valence-corrected chi connectivity index (χ3v) is 7.37. The van der Waals surface area contributed by atoms with E-state index in [2.05, 4.69) is 25.8 Å². The van der Waals surface area contributed by atoms with Gasteiger partial charge in [-0.1, -0.05) is 10.3 Å². The van der Waals surface area contributed by atoms with Gasteiger partial charge in [0.2, 0.25) is 17.4 Å². The summed E-state index contributed by atoms with van der Waals surface area (Å²) in [6.45, 7) is 3.68. The number of urea groups is 1. The smallest absolute Gasteiger partial charge is 0.416 e. The Morgan fingerprint density at radius 1 is 1.21 bits per heavy atom. The third kappa shape index (κ3) is 3.27. The molecule has 4 atom stereocenters. The fraction of sp³-hybridized carbons (Fsp3) is 0.478. The summed E-state index contributed by atoms with van der Waals surface area (Å²) in [6.07, 6.45) is -1.43. The van der Waals surface area contributed by atoms with Crippen molar-refractivity contribution in [2.45, 2.75) is 44.6 Å². The minimum Gasteiger partial charge on any atom is -0.438 e. The zero-order valence-corrected chi connectivity index (χ0v) is 20.5. The number of aromatic nitrogens is 1. The van der Waals surface area contributed by atoms with Gasteiger partial charge in [-0.25, -0.2) is 14.0 Å². The van der Waals surface area contributed by atoms with Crippen LogP contribution in [0.5, 0.6) is 0 Å². The average Bonchev–Trinajstić information content (AvgIpc) is 3.43. The molecule has 0 saturated carbocycles. The number of fused-ring (bicyclic) bond motifs is 5. The van der Waals surface area contributed by atoms with Crippen LogP contribution in [0.2, 0.25) is 0 Å². The number of nitrogens with one attached hydrogen (secondary N) is 2. The van der Waals surface area contributed by atoms with E-state index < -0.39 is 53.4 Å². The summed E-state index contributed by atoms with van der Waals surface area (Å²) in [5, 5.41) is 12.1. The van der Waals surface area contributed by atoms with Gasteiger partial charge in [0.1, 0.15) is 7.11 Å². The molecule has 4 aliphatic heterocycles. The summed E-state index contributed by atoms with van der Waals surface area (Å²) in [6, 6.07) is -0.297. The Labute approximate surface area is 214 Å². The molecule has 200 valence electrons. The molecule has 0 radical (unpaired) electrons. The topological polar surface area (TPSA) is 165 Å². The zero-order valence-electron chi connectivity index (χ0n) is 20.5. The van der Waals surface area contributed by atoms with Crippen molar-refractivity contribution in [3.05, 3.63) is 17.4 Å². The minimum atomic E-state index is -1.79. The summed E-state index contributed by atoms with van der Waals surface area (Å²) >= 11 is 0. The van der Waals surface area contributed by atoms with Gasteiger partial charge in [-0.2, -0.15) is 0 Å². The van der Waals surface area contributed by atoms with Crippen LogP contribution in [-0.2, 0) is 30.3 Å². The molecule has 2 N–H and O–H groups in total. The van der Waals surface area contributed by atoms with Gasteiger partial charge in [0.05, 0.1) is 42.1 Å². The van der Waals surface area contributed by atoms with E-state index in [1.807, 2.05) is 0 Å². The number of barbiturate groups is 1. The Balaban J connectivity index is 1.50. The molecule has 1 spiro atoms. The number of morpholine rings is 1. The number of rotatable bonds is 3. The van der Waals surface area contributed by atoms with Crippen molar-refractivity contribution < 1.29 is 42.4 Å². The van der Waals surface area contributed by atoms with E-state index in [9.17, 15) is 19.2 Å². The maximum absolute atomic E-state index is 16.2. The number of amides is 5. The SMILES string of the molecule is CON=C[C@H]1CN(c2noc3c(F)c4c(cc23)CC2(C(=O)NC(=O)NC2=O)[C@H]2[C@H](C)O[C@H](C)CN42)C(=O)O1. The normalized spacial score (nSPS) is 28.4. The maximum atomic E-state index is 16.2. The molecule has 3 fully saturated rings. The molecule has 4 aliphatic rings. The lowest BCUT2D eigenvalue weighted by Gasteiger charge is -2.55. The predicted molar refractivity (Wildman–Crippen MR) is 126 cm³/mol. The highest BCUT2D eigenvalue weighted by Gasteiger charge is 2.63. The molecule has 5 amide bonds. The number of oxime groups is 1. The first-order valence-corrected chi connectivity index (χ1v) is 11.9. The fourth-order valence-corrected chi connectivity index (χ4v) is 6.00. The van der Waals surface area contributed by atoms with Crippen LogP contribution in [-0.4, -0.2) is 79.9 Å². The summed E-state index contributed by atoms with van der Waals surface area (Å²) in [5.41, 5.74) is -1.53. The van der Waals surface area contributed by atoms with Crippen LogP contribution in [0.4, 0.5) is 25.5 Å². The first-order valence-electron chi connectivity index (χ1n) is 11.9. The summed E-state index contributed by atoms with van der Waals surface area (Å²) in [4.78, 5) is 58.5. The van der Waals surface area contributed by atoms with E-state index in [0.29, 0.717) is 5.56 Å². The molecule has 6 rings (SSSR count). The number of nitrogens with zero attached hydrogens (tertiary/aromatic N) is 4. The Morgan fingerprint density at radius 3 is 2.66 bits per heavy atom. The molecular formula is C23H23FN6O8. The van der Waals surface area contributed by atoms with E-state index in [1.54, 1.807) is 24.8 Å². The average molecular weight is 530 g/mol.